The molecule has 0 radical (unpaired) electrons. The first-order valence-electron chi connectivity index (χ1n) is 7.28. The molecule has 1 amide bonds. The van der Waals surface area contributed by atoms with Gasteiger partial charge in [0, 0.05) is 10.2 Å². The van der Waals surface area contributed by atoms with Gasteiger partial charge in [0.15, 0.2) is 6.61 Å². The second-order valence-electron chi connectivity index (χ2n) is 5.25. The molecule has 2 rings (SSSR count). The fourth-order valence-electron chi connectivity index (χ4n) is 2.25. The molecule has 4 heteroatoms. The molecular weight excluding hydrogens is 342 g/mol. The van der Waals surface area contributed by atoms with Crippen LogP contribution in [0.2, 0.25) is 0 Å². The van der Waals surface area contributed by atoms with Crippen molar-refractivity contribution in [2.24, 2.45) is 0 Å². The number of nitrogens with one attached hydrogen (secondary N) is 1. The molecule has 0 saturated heterocycles. The Morgan fingerprint density at radius 2 is 1.73 bits per heavy atom. The van der Waals surface area contributed by atoms with Crippen LogP contribution >= 0.6 is 15.9 Å². The Morgan fingerprint density at radius 3 is 2.27 bits per heavy atom. The van der Waals surface area contributed by atoms with Gasteiger partial charge in [-0.05, 0) is 61.2 Å². The van der Waals surface area contributed by atoms with E-state index in [1.165, 1.54) is 5.56 Å². The normalized spacial score (nSPS) is 10.4. The summed E-state index contributed by atoms with van der Waals surface area (Å²) in [5, 5.41) is 2.91. The SMILES string of the molecule is CCc1ccc(OCC(=O)Nc2c(C)cc(Br)cc2C)cc1. The molecule has 0 aliphatic rings. The predicted octanol–water partition coefficient (Wildman–Crippen LogP) is 4.65. The van der Waals surface area contributed by atoms with Crippen molar-refractivity contribution in [2.75, 3.05) is 11.9 Å². The number of ether oxygens (including phenoxy) is 1. The molecule has 116 valence electrons. The predicted molar refractivity (Wildman–Crippen MR) is 93.6 cm³/mol. The molecule has 0 atom stereocenters. The molecule has 0 fully saturated rings. The zero-order valence-corrected chi connectivity index (χ0v) is 14.7. The summed E-state index contributed by atoms with van der Waals surface area (Å²) in [6.07, 6.45) is 0.989. The van der Waals surface area contributed by atoms with E-state index in [1.807, 2.05) is 50.2 Å². The topological polar surface area (TPSA) is 38.3 Å². The van der Waals surface area contributed by atoms with E-state index in [-0.39, 0.29) is 12.5 Å². The third-order valence-electron chi connectivity index (χ3n) is 3.46. The minimum absolute atomic E-state index is 0.000412. The molecule has 22 heavy (non-hydrogen) atoms. The van der Waals surface area contributed by atoms with Crippen LogP contribution in [0.25, 0.3) is 0 Å². The van der Waals surface area contributed by atoms with Crippen molar-refractivity contribution in [2.45, 2.75) is 27.2 Å². The van der Waals surface area contributed by atoms with Gasteiger partial charge in [-0.25, -0.2) is 0 Å². The molecule has 0 bridgehead atoms. The lowest BCUT2D eigenvalue weighted by Crippen LogP contribution is -2.21. The quantitative estimate of drug-likeness (QED) is 0.841. The zero-order chi connectivity index (χ0) is 16.1. The smallest absolute Gasteiger partial charge is 0.262 e. The van der Waals surface area contributed by atoms with E-state index in [4.69, 9.17) is 4.74 Å². The number of carbonyl (C=O) groups is 1. The van der Waals surface area contributed by atoms with Crippen LogP contribution in [-0.4, -0.2) is 12.5 Å². The summed E-state index contributed by atoms with van der Waals surface area (Å²) in [5.41, 5.74) is 4.14. The van der Waals surface area contributed by atoms with Gasteiger partial charge in [0.25, 0.3) is 5.91 Å². The minimum atomic E-state index is -0.159. The zero-order valence-electron chi connectivity index (χ0n) is 13.1. The van der Waals surface area contributed by atoms with Crippen LogP contribution in [0.3, 0.4) is 0 Å². The van der Waals surface area contributed by atoms with E-state index in [2.05, 4.69) is 28.2 Å². The van der Waals surface area contributed by atoms with Crippen LogP contribution in [0, 0.1) is 13.8 Å². The van der Waals surface area contributed by atoms with Crippen molar-refractivity contribution in [3.05, 3.63) is 57.6 Å². The van der Waals surface area contributed by atoms with Gasteiger partial charge >= 0.3 is 0 Å². The van der Waals surface area contributed by atoms with Gasteiger partial charge in [0.2, 0.25) is 0 Å². The first-order chi connectivity index (χ1) is 10.5. The van der Waals surface area contributed by atoms with Crippen LogP contribution in [0.15, 0.2) is 40.9 Å². The van der Waals surface area contributed by atoms with Crippen LogP contribution in [-0.2, 0) is 11.2 Å². The molecule has 2 aromatic rings. The van der Waals surface area contributed by atoms with Crippen LogP contribution in [0.4, 0.5) is 5.69 Å². The highest BCUT2D eigenvalue weighted by atomic mass is 79.9. The van der Waals surface area contributed by atoms with Gasteiger partial charge in [-0.1, -0.05) is 35.0 Å². The maximum absolute atomic E-state index is 12.1. The Balaban J connectivity index is 1.95. The second kappa shape index (κ2) is 7.45. The van der Waals surface area contributed by atoms with Gasteiger partial charge in [0.05, 0.1) is 0 Å². The van der Waals surface area contributed by atoms with Gasteiger partial charge in [-0.2, -0.15) is 0 Å². The van der Waals surface area contributed by atoms with Gasteiger partial charge in [0.1, 0.15) is 5.75 Å². The highest BCUT2D eigenvalue weighted by molar-refractivity contribution is 9.10. The van der Waals surface area contributed by atoms with Crippen molar-refractivity contribution < 1.29 is 9.53 Å². The highest BCUT2D eigenvalue weighted by Gasteiger charge is 2.09. The van der Waals surface area contributed by atoms with E-state index < -0.39 is 0 Å². The molecule has 0 aliphatic carbocycles. The van der Waals surface area contributed by atoms with Crippen molar-refractivity contribution in [1.82, 2.24) is 0 Å². The lowest BCUT2D eigenvalue weighted by Gasteiger charge is -2.13. The molecule has 0 aliphatic heterocycles. The van der Waals surface area contributed by atoms with Crippen LogP contribution in [0.1, 0.15) is 23.6 Å². The van der Waals surface area contributed by atoms with E-state index in [0.717, 1.165) is 27.7 Å². The third kappa shape index (κ3) is 4.34. The fourth-order valence-corrected chi connectivity index (χ4v) is 2.94. The summed E-state index contributed by atoms with van der Waals surface area (Å²) < 4.78 is 6.53. The fraction of sp³-hybridized carbons (Fsp3) is 0.278. The lowest BCUT2D eigenvalue weighted by atomic mass is 10.1. The van der Waals surface area contributed by atoms with E-state index in [0.29, 0.717) is 5.75 Å². The summed E-state index contributed by atoms with van der Waals surface area (Å²) in [7, 11) is 0. The molecule has 1 N–H and O–H groups in total. The van der Waals surface area contributed by atoms with Crippen molar-refractivity contribution >= 4 is 27.5 Å². The second-order valence-corrected chi connectivity index (χ2v) is 6.16. The molecule has 0 spiro atoms. The first kappa shape index (κ1) is 16.6. The van der Waals surface area contributed by atoms with E-state index >= 15 is 0 Å². The molecule has 2 aromatic carbocycles. The van der Waals surface area contributed by atoms with E-state index in [9.17, 15) is 4.79 Å². The third-order valence-corrected chi connectivity index (χ3v) is 3.92. The Bertz CT molecular complexity index is 642. The number of hydrogen-bond acceptors (Lipinski definition) is 2. The van der Waals surface area contributed by atoms with Gasteiger partial charge in [-0.15, -0.1) is 0 Å². The highest BCUT2D eigenvalue weighted by Crippen LogP contribution is 2.25. The summed E-state index contributed by atoms with van der Waals surface area (Å²) >= 11 is 3.45. The van der Waals surface area contributed by atoms with Crippen molar-refractivity contribution in [3.63, 3.8) is 0 Å². The minimum Gasteiger partial charge on any atom is -0.484 e. The van der Waals surface area contributed by atoms with Gasteiger partial charge < -0.3 is 10.1 Å². The van der Waals surface area contributed by atoms with Crippen molar-refractivity contribution in [1.29, 1.82) is 0 Å². The number of carbonyl (C=O) groups excluding carboxylic acids is 1. The number of hydrogen-bond donors (Lipinski definition) is 1. The largest absolute Gasteiger partial charge is 0.484 e. The Kier molecular flexibility index (Phi) is 5.61. The summed E-state index contributed by atoms with van der Waals surface area (Å²) in [5.74, 6) is 0.546. The summed E-state index contributed by atoms with van der Waals surface area (Å²) in [6, 6.07) is 11.8. The standard InChI is InChI=1S/C18H20BrNO2/c1-4-14-5-7-16(8-6-14)22-11-17(21)20-18-12(2)9-15(19)10-13(18)3/h5-10H,4,11H2,1-3H3,(H,20,21). The monoisotopic (exact) mass is 361 g/mol. The average molecular weight is 362 g/mol. The first-order valence-corrected chi connectivity index (χ1v) is 8.07. The molecular formula is C18H20BrNO2. The van der Waals surface area contributed by atoms with E-state index in [1.54, 1.807) is 0 Å². The maximum atomic E-state index is 12.1. The molecule has 0 heterocycles. The molecule has 0 aromatic heterocycles. The number of anilines is 1. The van der Waals surface area contributed by atoms with Gasteiger partial charge in [-0.3, -0.25) is 4.79 Å². The number of amides is 1. The number of rotatable bonds is 5. The van der Waals surface area contributed by atoms with Crippen LogP contribution < -0.4 is 10.1 Å². The number of benzene rings is 2. The van der Waals surface area contributed by atoms with Crippen LogP contribution in [0.5, 0.6) is 5.75 Å². The van der Waals surface area contributed by atoms with Crippen molar-refractivity contribution in [3.8, 4) is 5.75 Å². The average Bonchev–Trinajstić information content (AvgIpc) is 2.49. The number of halogens is 1. The Hall–Kier alpha value is -1.81. The Morgan fingerprint density at radius 1 is 1.14 bits per heavy atom. The molecule has 3 nitrogen and oxygen atoms in total. The molecule has 0 unspecified atom stereocenters. The summed E-state index contributed by atoms with van der Waals surface area (Å²) in [6.45, 7) is 6.04. The molecule has 0 saturated carbocycles. The summed E-state index contributed by atoms with van der Waals surface area (Å²) in [4.78, 5) is 12.1. The maximum Gasteiger partial charge on any atom is 0.262 e. The number of aryl methyl sites for hydroxylation is 3. The lowest BCUT2D eigenvalue weighted by molar-refractivity contribution is -0.118. The Labute approximate surface area is 139 Å².